The van der Waals surface area contributed by atoms with Crippen LogP contribution in [0.25, 0.3) is 0 Å². The van der Waals surface area contributed by atoms with Gasteiger partial charge in [-0.1, -0.05) is 6.07 Å². The monoisotopic (exact) mass is 349 g/mol. The molecule has 0 unspecified atom stereocenters. The smallest absolute Gasteiger partial charge is 0.328 e. The molecule has 0 aromatic heterocycles. The van der Waals surface area contributed by atoms with Crippen molar-refractivity contribution in [3.05, 3.63) is 23.8 Å². The molecule has 7 heteroatoms. The van der Waals surface area contributed by atoms with Crippen molar-refractivity contribution >= 4 is 11.9 Å². The Labute approximate surface area is 149 Å². The first-order valence-corrected chi connectivity index (χ1v) is 8.38. The van der Waals surface area contributed by atoms with Gasteiger partial charge in [0.15, 0.2) is 17.5 Å². The number of fused-ring (bicyclic) bond motifs is 1. The summed E-state index contributed by atoms with van der Waals surface area (Å²) in [6.45, 7) is 9.06. The standard InChI is InChI=1S/C18H27N3O4/c1-6-19-17(20-10-16(22)25-18(2,3)4)21(5)11-13-7-8-14-15(9-13)24-12-23-14/h7-9H,6,10-12H2,1-5H3,(H,19,20). The van der Waals surface area contributed by atoms with Crippen molar-refractivity contribution < 1.29 is 19.0 Å². The molecule has 1 aliphatic rings. The van der Waals surface area contributed by atoms with Crippen LogP contribution in [0.4, 0.5) is 0 Å². The molecule has 0 aliphatic carbocycles. The van der Waals surface area contributed by atoms with Crippen LogP contribution < -0.4 is 14.8 Å². The molecule has 0 atom stereocenters. The fourth-order valence-electron chi connectivity index (χ4n) is 2.37. The quantitative estimate of drug-likeness (QED) is 0.499. The van der Waals surface area contributed by atoms with E-state index in [2.05, 4.69) is 10.3 Å². The number of esters is 1. The van der Waals surface area contributed by atoms with Crippen molar-refractivity contribution in [2.24, 2.45) is 4.99 Å². The molecule has 1 heterocycles. The summed E-state index contributed by atoms with van der Waals surface area (Å²) in [5.74, 6) is 1.81. The van der Waals surface area contributed by atoms with E-state index < -0.39 is 5.60 Å². The van der Waals surface area contributed by atoms with Crippen molar-refractivity contribution in [1.82, 2.24) is 10.2 Å². The summed E-state index contributed by atoms with van der Waals surface area (Å²) in [7, 11) is 1.92. The highest BCUT2D eigenvalue weighted by Gasteiger charge is 2.17. The number of hydrogen-bond donors (Lipinski definition) is 1. The number of benzene rings is 1. The maximum absolute atomic E-state index is 11.9. The van der Waals surface area contributed by atoms with E-state index in [9.17, 15) is 4.79 Å². The van der Waals surface area contributed by atoms with Crippen LogP contribution >= 0.6 is 0 Å². The first-order chi connectivity index (χ1) is 11.8. The summed E-state index contributed by atoms with van der Waals surface area (Å²) >= 11 is 0. The predicted molar refractivity (Wildman–Crippen MR) is 95.9 cm³/mol. The van der Waals surface area contributed by atoms with Gasteiger partial charge in [-0.2, -0.15) is 0 Å². The second-order valence-corrected chi connectivity index (χ2v) is 6.80. The zero-order valence-electron chi connectivity index (χ0n) is 15.6. The molecular weight excluding hydrogens is 322 g/mol. The maximum Gasteiger partial charge on any atom is 0.328 e. The summed E-state index contributed by atoms with van der Waals surface area (Å²) in [4.78, 5) is 18.2. The Morgan fingerprint density at radius 1 is 1.32 bits per heavy atom. The molecule has 1 N–H and O–H groups in total. The van der Waals surface area contributed by atoms with E-state index in [-0.39, 0.29) is 19.3 Å². The molecule has 0 amide bonds. The highest BCUT2D eigenvalue weighted by molar-refractivity contribution is 5.83. The van der Waals surface area contributed by atoms with Crippen LogP contribution in [-0.4, -0.2) is 49.4 Å². The first-order valence-electron chi connectivity index (χ1n) is 8.38. The van der Waals surface area contributed by atoms with E-state index >= 15 is 0 Å². The van der Waals surface area contributed by atoms with Gasteiger partial charge >= 0.3 is 5.97 Å². The van der Waals surface area contributed by atoms with E-state index in [1.54, 1.807) is 0 Å². The van der Waals surface area contributed by atoms with E-state index in [1.807, 2.05) is 57.8 Å². The number of aliphatic imine (C=N–C) groups is 1. The average Bonchev–Trinajstić information content (AvgIpc) is 2.97. The minimum Gasteiger partial charge on any atom is -0.459 e. The van der Waals surface area contributed by atoms with Gasteiger partial charge < -0.3 is 24.4 Å². The van der Waals surface area contributed by atoms with Crippen LogP contribution in [0.5, 0.6) is 11.5 Å². The molecule has 1 aromatic rings. The lowest BCUT2D eigenvalue weighted by Gasteiger charge is -2.23. The molecule has 138 valence electrons. The van der Waals surface area contributed by atoms with Gasteiger partial charge in [0.05, 0.1) is 0 Å². The average molecular weight is 349 g/mol. The van der Waals surface area contributed by atoms with E-state index in [4.69, 9.17) is 14.2 Å². The van der Waals surface area contributed by atoms with E-state index in [0.29, 0.717) is 19.0 Å². The lowest BCUT2D eigenvalue weighted by molar-refractivity contribution is -0.152. The molecular formula is C18H27N3O4. The third kappa shape index (κ3) is 5.85. The first kappa shape index (κ1) is 18.9. The molecule has 0 fully saturated rings. The minimum atomic E-state index is -0.511. The SMILES string of the molecule is CCNC(=NCC(=O)OC(C)(C)C)N(C)Cc1ccc2c(c1)OCO2. The summed E-state index contributed by atoms with van der Waals surface area (Å²) in [5, 5.41) is 3.19. The molecule has 2 rings (SSSR count). The van der Waals surface area contributed by atoms with Crippen molar-refractivity contribution in [2.75, 3.05) is 26.9 Å². The Morgan fingerprint density at radius 3 is 2.72 bits per heavy atom. The lowest BCUT2D eigenvalue weighted by Crippen LogP contribution is -2.39. The summed E-state index contributed by atoms with van der Waals surface area (Å²) < 4.78 is 16.0. The van der Waals surface area contributed by atoms with Gasteiger partial charge in [0.25, 0.3) is 0 Å². The van der Waals surface area contributed by atoms with Crippen LogP contribution in [0.1, 0.15) is 33.3 Å². The van der Waals surface area contributed by atoms with Crippen LogP contribution in [0, 0.1) is 0 Å². The third-order valence-electron chi connectivity index (χ3n) is 3.33. The molecule has 1 aromatic carbocycles. The molecule has 25 heavy (non-hydrogen) atoms. The van der Waals surface area contributed by atoms with E-state index in [0.717, 1.165) is 17.1 Å². The van der Waals surface area contributed by atoms with Gasteiger partial charge in [-0.3, -0.25) is 4.79 Å². The number of nitrogens with zero attached hydrogens (tertiary/aromatic N) is 2. The number of nitrogens with one attached hydrogen (secondary N) is 1. The fraction of sp³-hybridized carbons (Fsp3) is 0.556. The molecule has 0 saturated heterocycles. The highest BCUT2D eigenvalue weighted by atomic mass is 16.7. The third-order valence-corrected chi connectivity index (χ3v) is 3.33. The van der Waals surface area contributed by atoms with Gasteiger partial charge in [-0.15, -0.1) is 0 Å². The Bertz CT molecular complexity index is 638. The van der Waals surface area contributed by atoms with E-state index in [1.165, 1.54) is 0 Å². The molecule has 0 saturated carbocycles. The van der Waals surface area contributed by atoms with Gasteiger partial charge in [-0.25, -0.2) is 4.99 Å². The number of carbonyl (C=O) groups excluding carboxylic acids is 1. The van der Waals surface area contributed by atoms with Crippen LogP contribution in [0.2, 0.25) is 0 Å². The zero-order valence-corrected chi connectivity index (χ0v) is 15.6. The molecule has 1 aliphatic heterocycles. The van der Waals surface area contributed by atoms with Gasteiger partial charge in [-0.05, 0) is 45.4 Å². The molecule has 7 nitrogen and oxygen atoms in total. The number of hydrogen-bond acceptors (Lipinski definition) is 5. The highest BCUT2D eigenvalue weighted by Crippen LogP contribution is 2.32. The van der Waals surface area contributed by atoms with Gasteiger partial charge in [0.1, 0.15) is 12.1 Å². The second-order valence-electron chi connectivity index (χ2n) is 6.80. The van der Waals surface area contributed by atoms with Crippen molar-refractivity contribution in [3.63, 3.8) is 0 Å². The number of carbonyl (C=O) groups is 1. The number of guanidine groups is 1. The van der Waals surface area contributed by atoms with Crippen molar-refractivity contribution in [2.45, 2.75) is 39.8 Å². The minimum absolute atomic E-state index is 0.0227. The fourth-order valence-corrected chi connectivity index (χ4v) is 2.37. The normalized spacial score (nSPS) is 13.6. The van der Waals surface area contributed by atoms with Crippen molar-refractivity contribution in [3.8, 4) is 11.5 Å². The predicted octanol–water partition coefficient (Wildman–Crippen LogP) is 2.15. The van der Waals surface area contributed by atoms with Crippen LogP contribution in [-0.2, 0) is 16.1 Å². The topological polar surface area (TPSA) is 72.4 Å². The summed E-state index contributed by atoms with van der Waals surface area (Å²) in [6, 6.07) is 5.84. The van der Waals surface area contributed by atoms with Gasteiger partial charge in [0.2, 0.25) is 6.79 Å². The molecule has 0 spiro atoms. The second kappa shape index (κ2) is 8.09. The van der Waals surface area contributed by atoms with Gasteiger partial charge in [0, 0.05) is 20.1 Å². The Hall–Kier alpha value is -2.44. The molecule has 0 radical (unpaired) electrons. The number of ether oxygens (including phenoxy) is 3. The summed E-state index contributed by atoms with van der Waals surface area (Å²) in [5.41, 5.74) is 0.554. The number of rotatable bonds is 5. The lowest BCUT2D eigenvalue weighted by atomic mass is 10.2. The van der Waals surface area contributed by atoms with Crippen molar-refractivity contribution in [1.29, 1.82) is 0 Å². The molecule has 0 bridgehead atoms. The summed E-state index contributed by atoms with van der Waals surface area (Å²) in [6.07, 6.45) is 0. The van der Waals surface area contributed by atoms with Crippen LogP contribution in [0.3, 0.4) is 0 Å². The maximum atomic E-state index is 11.9. The van der Waals surface area contributed by atoms with Crippen LogP contribution in [0.15, 0.2) is 23.2 Å². The Balaban J connectivity index is 2.00. The zero-order chi connectivity index (χ0) is 18.4. The largest absolute Gasteiger partial charge is 0.459 e. The Kier molecular flexibility index (Phi) is 6.12. The Morgan fingerprint density at radius 2 is 2.04 bits per heavy atom.